The maximum absolute atomic E-state index is 5.65. The van der Waals surface area contributed by atoms with Crippen molar-refractivity contribution >= 4 is 17.4 Å². The molecule has 5 nitrogen and oxygen atoms in total. The molecule has 1 N–H and O–H groups in total. The van der Waals surface area contributed by atoms with E-state index in [-0.39, 0.29) is 5.28 Å². The SMILES string of the molecule is CN1CCC(Nc2cnnc(Cl)n2)CC1. The van der Waals surface area contributed by atoms with Gasteiger partial charge in [0.05, 0.1) is 6.20 Å². The van der Waals surface area contributed by atoms with Gasteiger partial charge in [-0.05, 0) is 44.6 Å². The highest BCUT2D eigenvalue weighted by Crippen LogP contribution is 2.13. The van der Waals surface area contributed by atoms with E-state index in [1.165, 1.54) is 0 Å². The molecule has 0 aromatic carbocycles. The molecular weight excluding hydrogens is 214 g/mol. The molecule has 0 saturated carbocycles. The van der Waals surface area contributed by atoms with E-state index in [4.69, 9.17) is 11.6 Å². The Hall–Kier alpha value is -0.940. The molecule has 0 aliphatic carbocycles. The van der Waals surface area contributed by atoms with Crippen molar-refractivity contribution in [2.24, 2.45) is 0 Å². The van der Waals surface area contributed by atoms with Crippen molar-refractivity contribution in [3.8, 4) is 0 Å². The van der Waals surface area contributed by atoms with E-state index in [0.29, 0.717) is 11.9 Å². The summed E-state index contributed by atoms with van der Waals surface area (Å²) in [4.78, 5) is 6.38. The number of anilines is 1. The van der Waals surface area contributed by atoms with E-state index in [1.807, 2.05) is 0 Å². The first-order chi connectivity index (χ1) is 7.24. The maximum Gasteiger partial charge on any atom is 0.244 e. The lowest BCUT2D eigenvalue weighted by Crippen LogP contribution is -2.36. The molecule has 82 valence electrons. The van der Waals surface area contributed by atoms with E-state index < -0.39 is 0 Å². The number of nitrogens with one attached hydrogen (secondary N) is 1. The molecule has 2 rings (SSSR count). The van der Waals surface area contributed by atoms with E-state index in [0.717, 1.165) is 25.9 Å². The van der Waals surface area contributed by atoms with Crippen molar-refractivity contribution in [3.63, 3.8) is 0 Å². The lowest BCUT2D eigenvalue weighted by atomic mass is 10.1. The molecule has 1 aliphatic rings. The van der Waals surface area contributed by atoms with Crippen LogP contribution in [0.4, 0.5) is 5.82 Å². The van der Waals surface area contributed by atoms with Crippen LogP contribution in [0.2, 0.25) is 5.28 Å². The fourth-order valence-electron chi connectivity index (χ4n) is 1.71. The molecule has 1 aromatic heterocycles. The molecule has 6 heteroatoms. The van der Waals surface area contributed by atoms with Gasteiger partial charge < -0.3 is 10.2 Å². The Morgan fingerprint density at radius 2 is 2.20 bits per heavy atom. The average Bonchev–Trinajstić information content (AvgIpc) is 2.22. The molecule has 0 amide bonds. The predicted molar refractivity (Wildman–Crippen MR) is 59.0 cm³/mol. The summed E-state index contributed by atoms with van der Waals surface area (Å²) in [6.07, 6.45) is 3.85. The smallest absolute Gasteiger partial charge is 0.244 e. The van der Waals surface area contributed by atoms with Gasteiger partial charge in [0, 0.05) is 6.04 Å². The van der Waals surface area contributed by atoms with Crippen LogP contribution in [0.25, 0.3) is 0 Å². The zero-order valence-corrected chi connectivity index (χ0v) is 9.41. The molecule has 1 aromatic rings. The molecule has 0 bridgehead atoms. The van der Waals surface area contributed by atoms with Crippen molar-refractivity contribution in [1.29, 1.82) is 0 Å². The third-order valence-corrected chi connectivity index (χ3v) is 2.76. The van der Waals surface area contributed by atoms with Gasteiger partial charge in [-0.3, -0.25) is 0 Å². The van der Waals surface area contributed by atoms with E-state index in [2.05, 4.69) is 32.4 Å². The molecule has 1 aliphatic heterocycles. The number of halogens is 1. The minimum atomic E-state index is 0.188. The first-order valence-corrected chi connectivity index (χ1v) is 5.42. The predicted octanol–water partition coefficient (Wildman–Crippen LogP) is 1.03. The van der Waals surface area contributed by atoms with Gasteiger partial charge in [0.1, 0.15) is 5.82 Å². The van der Waals surface area contributed by atoms with Crippen LogP contribution < -0.4 is 5.32 Å². The van der Waals surface area contributed by atoms with Crippen molar-refractivity contribution < 1.29 is 0 Å². The molecule has 1 fully saturated rings. The Morgan fingerprint density at radius 1 is 1.47 bits per heavy atom. The van der Waals surface area contributed by atoms with Crippen LogP contribution in [0.1, 0.15) is 12.8 Å². The summed E-state index contributed by atoms with van der Waals surface area (Å²) in [5.74, 6) is 0.713. The van der Waals surface area contributed by atoms with Crippen LogP contribution in [0.15, 0.2) is 6.20 Å². The molecule has 0 spiro atoms. The van der Waals surface area contributed by atoms with Gasteiger partial charge in [-0.2, -0.15) is 10.1 Å². The zero-order chi connectivity index (χ0) is 10.7. The third-order valence-electron chi connectivity index (χ3n) is 2.60. The number of aromatic nitrogens is 3. The van der Waals surface area contributed by atoms with Gasteiger partial charge in [0.25, 0.3) is 0 Å². The average molecular weight is 228 g/mol. The minimum Gasteiger partial charge on any atom is -0.366 e. The first-order valence-electron chi connectivity index (χ1n) is 5.04. The lowest BCUT2D eigenvalue weighted by Gasteiger charge is -2.29. The summed E-state index contributed by atoms with van der Waals surface area (Å²) in [5, 5.41) is 10.9. The Balaban J connectivity index is 1.92. The topological polar surface area (TPSA) is 53.9 Å². The van der Waals surface area contributed by atoms with Gasteiger partial charge in [-0.25, -0.2) is 0 Å². The van der Waals surface area contributed by atoms with Crippen molar-refractivity contribution in [1.82, 2.24) is 20.1 Å². The Bertz CT molecular complexity index is 324. The van der Waals surface area contributed by atoms with Crippen LogP contribution in [-0.2, 0) is 0 Å². The summed E-state index contributed by atoms with van der Waals surface area (Å²) in [7, 11) is 2.14. The van der Waals surface area contributed by atoms with Crippen molar-refractivity contribution in [2.75, 3.05) is 25.5 Å². The van der Waals surface area contributed by atoms with Gasteiger partial charge in [0.2, 0.25) is 5.28 Å². The minimum absolute atomic E-state index is 0.188. The largest absolute Gasteiger partial charge is 0.366 e. The summed E-state index contributed by atoms with van der Waals surface area (Å²) in [6.45, 7) is 2.23. The third kappa shape index (κ3) is 3.00. The summed E-state index contributed by atoms with van der Waals surface area (Å²) >= 11 is 5.65. The quantitative estimate of drug-likeness (QED) is 0.818. The van der Waals surface area contributed by atoms with E-state index >= 15 is 0 Å². The summed E-state index contributed by atoms with van der Waals surface area (Å²) < 4.78 is 0. The molecule has 0 radical (unpaired) electrons. The number of nitrogens with zero attached hydrogens (tertiary/aromatic N) is 4. The van der Waals surface area contributed by atoms with Crippen LogP contribution in [0.5, 0.6) is 0 Å². The van der Waals surface area contributed by atoms with Crippen LogP contribution in [0, 0.1) is 0 Å². The highest BCUT2D eigenvalue weighted by atomic mass is 35.5. The van der Waals surface area contributed by atoms with Crippen molar-refractivity contribution in [3.05, 3.63) is 11.5 Å². The number of rotatable bonds is 2. The highest BCUT2D eigenvalue weighted by molar-refractivity contribution is 6.28. The number of hydrogen-bond acceptors (Lipinski definition) is 5. The molecule has 15 heavy (non-hydrogen) atoms. The normalized spacial score (nSPS) is 19.1. The maximum atomic E-state index is 5.65. The van der Waals surface area contributed by atoms with Crippen molar-refractivity contribution in [2.45, 2.75) is 18.9 Å². The molecule has 1 saturated heterocycles. The summed E-state index contributed by atoms with van der Waals surface area (Å²) in [5.41, 5.74) is 0. The van der Waals surface area contributed by atoms with Gasteiger partial charge >= 0.3 is 0 Å². The van der Waals surface area contributed by atoms with Gasteiger partial charge in [0.15, 0.2) is 0 Å². The molecule has 0 atom stereocenters. The van der Waals surface area contributed by atoms with E-state index in [9.17, 15) is 0 Å². The first kappa shape index (κ1) is 10.6. The van der Waals surface area contributed by atoms with Crippen LogP contribution >= 0.6 is 11.6 Å². The van der Waals surface area contributed by atoms with Crippen LogP contribution in [0.3, 0.4) is 0 Å². The lowest BCUT2D eigenvalue weighted by molar-refractivity contribution is 0.263. The Labute approximate surface area is 93.9 Å². The highest BCUT2D eigenvalue weighted by Gasteiger charge is 2.16. The zero-order valence-electron chi connectivity index (χ0n) is 8.65. The second kappa shape index (κ2) is 4.72. The van der Waals surface area contributed by atoms with Crippen LogP contribution in [-0.4, -0.2) is 46.3 Å². The second-order valence-corrected chi connectivity index (χ2v) is 4.17. The fraction of sp³-hybridized carbons (Fsp3) is 0.667. The molecule has 0 unspecified atom stereocenters. The Kier molecular flexibility index (Phi) is 3.33. The summed E-state index contributed by atoms with van der Waals surface area (Å²) in [6, 6.07) is 0.467. The fourth-order valence-corrected chi connectivity index (χ4v) is 1.85. The monoisotopic (exact) mass is 227 g/mol. The molecular formula is C9H14ClN5. The standard InChI is InChI=1S/C9H14ClN5/c1-15-4-2-7(3-5-15)12-8-6-11-14-9(10)13-8/h6-7H,2-5H2,1H3,(H,12,13,14). The number of piperidine rings is 1. The van der Waals surface area contributed by atoms with Gasteiger partial charge in [-0.15, -0.1) is 5.10 Å². The Morgan fingerprint density at radius 3 is 2.87 bits per heavy atom. The number of likely N-dealkylation sites (tertiary alicyclic amines) is 1. The number of hydrogen-bond donors (Lipinski definition) is 1. The molecule has 2 heterocycles. The van der Waals surface area contributed by atoms with E-state index in [1.54, 1.807) is 6.20 Å². The second-order valence-electron chi connectivity index (χ2n) is 3.83. The van der Waals surface area contributed by atoms with Gasteiger partial charge in [-0.1, -0.05) is 0 Å².